The number of hydrogen-bond acceptors (Lipinski definition) is 5. The molecule has 0 aliphatic rings. The zero-order valence-electron chi connectivity index (χ0n) is 13.1. The van der Waals surface area contributed by atoms with Crippen molar-refractivity contribution >= 4 is 33.6 Å². The molecular weight excluding hydrogens is 342 g/mol. The van der Waals surface area contributed by atoms with Crippen LogP contribution in [0.15, 0.2) is 48.5 Å². The van der Waals surface area contributed by atoms with Gasteiger partial charge in [0.15, 0.2) is 5.82 Å². The molecule has 4 rings (SSSR count). The SMILES string of the molecule is CN(C)c1ccc(-c2nn3c(-c4cccc(Cl)c4)nnc3s2)cc1. The monoisotopic (exact) mass is 355 g/mol. The second kappa shape index (κ2) is 5.89. The Morgan fingerprint density at radius 1 is 1.00 bits per heavy atom. The summed E-state index contributed by atoms with van der Waals surface area (Å²) in [4.78, 5) is 2.83. The maximum atomic E-state index is 6.08. The van der Waals surface area contributed by atoms with Crippen molar-refractivity contribution < 1.29 is 0 Å². The molecule has 7 heteroatoms. The van der Waals surface area contributed by atoms with E-state index in [1.54, 1.807) is 4.52 Å². The van der Waals surface area contributed by atoms with Gasteiger partial charge in [0.25, 0.3) is 0 Å². The van der Waals surface area contributed by atoms with Gasteiger partial charge in [-0.05, 0) is 36.4 Å². The first-order valence-corrected chi connectivity index (χ1v) is 8.57. The van der Waals surface area contributed by atoms with Crippen molar-refractivity contribution in [3.63, 3.8) is 0 Å². The number of aromatic nitrogens is 4. The van der Waals surface area contributed by atoms with Crippen LogP contribution in [0.2, 0.25) is 5.02 Å². The molecule has 120 valence electrons. The summed E-state index contributed by atoms with van der Waals surface area (Å²) in [6.45, 7) is 0. The Balaban J connectivity index is 1.77. The second-order valence-electron chi connectivity index (χ2n) is 5.58. The fraction of sp³-hybridized carbons (Fsp3) is 0.118. The summed E-state index contributed by atoms with van der Waals surface area (Å²) in [7, 11) is 4.05. The number of nitrogens with zero attached hydrogens (tertiary/aromatic N) is 5. The number of benzene rings is 2. The Hall–Kier alpha value is -2.44. The van der Waals surface area contributed by atoms with E-state index in [-0.39, 0.29) is 0 Å². The molecule has 2 aromatic carbocycles. The van der Waals surface area contributed by atoms with Gasteiger partial charge in [-0.25, -0.2) is 0 Å². The third-order valence-corrected chi connectivity index (χ3v) is 4.89. The van der Waals surface area contributed by atoms with Crippen molar-refractivity contribution in [2.24, 2.45) is 0 Å². The molecule has 0 amide bonds. The van der Waals surface area contributed by atoms with Gasteiger partial charge in [0.2, 0.25) is 4.96 Å². The van der Waals surface area contributed by atoms with E-state index in [4.69, 9.17) is 11.6 Å². The lowest BCUT2D eigenvalue weighted by Crippen LogP contribution is -2.07. The third kappa shape index (κ3) is 2.64. The average molecular weight is 356 g/mol. The lowest BCUT2D eigenvalue weighted by molar-refractivity contribution is 0.970. The van der Waals surface area contributed by atoms with E-state index in [1.807, 2.05) is 38.4 Å². The predicted octanol–water partition coefficient (Wildman–Crippen LogP) is 4.24. The van der Waals surface area contributed by atoms with Crippen molar-refractivity contribution in [2.75, 3.05) is 19.0 Å². The van der Waals surface area contributed by atoms with Crippen LogP contribution in [0.1, 0.15) is 0 Å². The number of anilines is 1. The van der Waals surface area contributed by atoms with Crippen LogP contribution in [-0.2, 0) is 0 Å². The van der Waals surface area contributed by atoms with E-state index in [0.29, 0.717) is 10.8 Å². The molecule has 0 atom stereocenters. The second-order valence-corrected chi connectivity index (χ2v) is 6.97. The minimum Gasteiger partial charge on any atom is -0.378 e. The summed E-state index contributed by atoms with van der Waals surface area (Å²) < 4.78 is 1.77. The van der Waals surface area contributed by atoms with Crippen LogP contribution in [0.25, 0.3) is 26.9 Å². The van der Waals surface area contributed by atoms with Gasteiger partial charge >= 0.3 is 0 Å². The van der Waals surface area contributed by atoms with Crippen molar-refractivity contribution in [1.82, 2.24) is 19.8 Å². The lowest BCUT2D eigenvalue weighted by atomic mass is 10.2. The number of hydrogen-bond donors (Lipinski definition) is 0. The number of halogens is 1. The highest BCUT2D eigenvalue weighted by Gasteiger charge is 2.14. The lowest BCUT2D eigenvalue weighted by Gasteiger charge is -2.11. The summed E-state index contributed by atoms with van der Waals surface area (Å²) >= 11 is 7.59. The standard InChI is InChI=1S/C17H14ClN5S/c1-22(2)14-8-6-11(7-9-14)16-21-23-15(19-20-17(23)24-16)12-4-3-5-13(18)10-12/h3-10H,1-2H3. The van der Waals surface area contributed by atoms with E-state index >= 15 is 0 Å². The first-order chi connectivity index (χ1) is 11.6. The largest absolute Gasteiger partial charge is 0.378 e. The van der Waals surface area contributed by atoms with E-state index in [1.165, 1.54) is 11.3 Å². The average Bonchev–Trinajstić information content (AvgIpc) is 3.15. The molecule has 0 fully saturated rings. The highest BCUT2D eigenvalue weighted by Crippen LogP contribution is 2.29. The van der Waals surface area contributed by atoms with E-state index in [0.717, 1.165) is 26.8 Å². The molecule has 2 aromatic heterocycles. The molecule has 0 aliphatic carbocycles. The normalized spacial score (nSPS) is 11.1. The maximum absolute atomic E-state index is 6.08. The van der Waals surface area contributed by atoms with Gasteiger partial charge in [0, 0.05) is 35.9 Å². The highest BCUT2D eigenvalue weighted by atomic mass is 35.5. The van der Waals surface area contributed by atoms with Crippen LogP contribution in [0, 0.1) is 0 Å². The number of fused-ring (bicyclic) bond motifs is 1. The fourth-order valence-corrected chi connectivity index (χ4v) is 3.48. The van der Waals surface area contributed by atoms with Crippen LogP contribution >= 0.6 is 22.9 Å². The Morgan fingerprint density at radius 2 is 1.79 bits per heavy atom. The molecule has 0 radical (unpaired) electrons. The molecule has 0 spiro atoms. The Labute approximate surface area is 148 Å². The first-order valence-electron chi connectivity index (χ1n) is 7.38. The highest BCUT2D eigenvalue weighted by molar-refractivity contribution is 7.19. The van der Waals surface area contributed by atoms with Crippen LogP contribution in [0.4, 0.5) is 5.69 Å². The Bertz CT molecular complexity index is 1000. The van der Waals surface area contributed by atoms with Crippen molar-refractivity contribution in [3.05, 3.63) is 53.6 Å². The third-order valence-electron chi connectivity index (χ3n) is 3.70. The summed E-state index contributed by atoms with van der Waals surface area (Å²) in [5, 5.41) is 14.7. The zero-order valence-corrected chi connectivity index (χ0v) is 14.7. The van der Waals surface area contributed by atoms with Gasteiger partial charge in [-0.2, -0.15) is 9.61 Å². The fourth-order valence-electron chi connectivity index (χ4n) is 2.44. The van der Waals surface area contributed by atoms with E-state index in [9.17, 15) is 0 Å². The van der Waals surface area contributed by atoms with Gasteiger partial charge in [-0.1, -0.05) is 35.1 Å². The van der Waals surface area contributed by atoms with Crippen molar-refractivity contribution in [1.29, 1.82) is 0 Å². The molecule has 0 saturated heterocycles. The topological polar surface area (TPSA) is 46.3 Å². The molecule has 0 N–H and O–H groups in total. The summed E-state index contributed by atoms with van der Waals surface area (Å²) in [5.74, 6) is 0.694. The Morgan fingerprint density at radius 3 is 2.50 bits per heavy atom. The summed E-state index contributed by atoms with van der Waals surface area (Å²) in [6.07, 6.45) is 0. The van der Waals surface area contributed by atoms with Gasteiger partial charge in [-0.15, -0.1) is 10.2 Å². The van der Waals surface area contributed by atoms with Crippen molar-refractivity contribution in [2.45, 2.75) is 0 Å². The summed E-state index contributed by atoms with van der Waals surface area (Å²) in [6, 6.07) is 15.8. The Kier molecular flexibility index (Phi) is 3.70. The minimum atomic E-state index is 0.666. The smallest absolute Gasteiger partial charge is 0.235 e. The quantitative estimate of drug-likeness (QED) is 0.551. The number of rotatable bonds is 3. The molecule has 24 heavy (non-hydrogen) atoms. The van der Waals surface area contributed by atoms with Crippen LogP contribution in [0.5, 0.6) is 0 Å². The molecular formula is C17H14ClN5S. The maximum Gasteiger partial charge on any atom is 0.235 e. The van der Waals surface area contributed by atoms with Crippen LogP contribution in [-0.4, -0.2) is 33.9 Å². The van der Waals surface area contributed by atoms with Gasteiger partial charge in [0.05, 0.1) is 0 Å². The predicted molar refractivity (Wildman–Crippen MR) is 98.9 cm³/mol. The van der Waals surface area contributed by atoms with Gasteiger partial charge < -0.3 is 4.90 Å². The van der Waals surface area contributed by atoms with Gasteiger partial charge in [-0.3, -0.25) is 0 Å². The van der Waals surface area contributed by atoms with Crippen LogP contribution < -0.4 is 4.90 Å². The van der Waals surface area contributed by atoms with Gasteiger partial charge in [0.1, 0.15) is 5.01 Å². The minimum absolute atomic E-state index is 0.666. The molecule has 0 bridgehead atoms. The molecule has 4 aromatic rings. The molecule has 5 nitrogen and oxygen atoms in total. The van der Waals surface area contributed by atoms with Crippen LogP contribution in [0.3, 0.4) is 0 Å². The first kappa shape index (κ1) is 15.1. The van der Waals surface area contributed by atoms with E-state index in [2.05, 4.69) is 44.5 Å². The van der Waals surface area contributed by atoms with Crippen molar-refractivity contribution in [3.8, 4) is 22.0 Å². The molecule has 0 aliphatic heterocycles. The molecule has 0 saturated carbocycles. The molecule has 2 heterocycles. The summed E-state index contributed by atoms with van der Waals surface area (Å²) in [5.41, 5.74) is 3.12. The zero-order chi connectivity index (χ0) is 16.7. The molecule has 0 unspecified atom stereocenters. The van der Waals surface area contributed by atoms with E-state index < -0.39 is 0 Å².